The molecule has 0 bridgehead atoms. The molecule has 0 atom stereocenters. The molecule has 2 aromatic carbocycles. The molecular weight excluding hydrogens is 343 g/mol. The van der Waals surface area contributed by atoms with Crippen LogP contribution < -0.4 is 10.1 Å². The van der Waals surface area contributed by atoms with Gasteiger partial charge in [-0.2, -0.15) is 13.2 Å². The Morgan fingerprint density at radius 3 is 2.46 bits per heavy atom. The molecule has 0 aliphatic heterocycles. The topological polar surface area (TPSA) is 38.3 Å². The van der Waals surface area contributed by atoms with Gasteiger partial charge in [-0.1, -0.05) is 17.7 Å². The number of aryl methyl sites for hydroxylation is 1. The molecule has 2 rings (SSSR count). The number of carbonyl (C=O) groups is 1. The van der Waals surface area contributed by atoms with Crippen molar-refractivity contribution >= 4 is 17.5 Å². The lowest BCUT2D eigenvalue weighted by atomic mass is 10.1. The summed E-state index contributed by atoms with van der Waals surface area (Å²) in [6, 6.07) is 9.36. The lowest BCUT2D eigenvalue weighted by Crippen LogP contribution is -2.28. The molecule has 0 spiro atoms. The molecule has 0 fully saturated rings. The molecule has 2 aromatic rings. The van der Waals surface area contributed by atoms with Crippen molar-refractivity contribution in [2.45, 2.75) is 13.1 Å². The minimum absolute atomic E-state index is 0.150. The van der Waals surface area contributed by atoms with Crippen LogP contribution in [0.15, 0.2) is 42.5 Å². The molecule has 1 amide bonds. The summed E-state index contributed by atoms with van der Waals surface area (Å²) in [5.74, 6) is 0.0445. The zero-order valence-corrected chi connectivity index (χ0v) is 13.5. The second-order valence-electron chi connectivity index (χ2n) is 5.11. The summed E-state index contributed by atoms with van der Waals surface area (Å²) in [4.78, 5) is 11.9. The van der Waals surface area contributed by atoms with Crippen LogP contribution >= 0.6 is 11.6 Å². The number of nitrogens with one attached hydrogen (secondary N) is 1. The minimum Gasteiger partial charge on any atom is -0.490 e. The lowest BCUT2D eigenvalue weighted by molar-refractivity contribution is -0.137. The maximum Gasteiger partial charge on any atom is 0.416 e. The van der Waals surface area contributed by atoms with E-state index in [1.54, 1.807) is 12.1 Å². The maximum absolute atomic E-state index is 12.5. The Morgan fingerprint density at radius 2 is 1.83 bits per heavy atom. The molecule has 0 unspecified atom stereocenters. The Kier molecular flexibility index (Phi) is 5.72. The van der Waals surface area contributed by atoms with Crippen molar-refractivity contribution < 1.29 is 22.7 Å². The average Bonchev–Trinajstić information content (AvgIpc) is 2.53. The molecule has 0 saturated heterocycles. The van der Waals surface area contributed by atoms with Gasteiger partial charge in [0.15, 0.2) is 0 Å². The fourth-order valence-corrected chi connectivity index (χ4v) is 2.13. The molecule has 7 heteroatoms. The van der Waals surface area contributed by atoms with Gasteiger partial charge in [0.05, 0.1) is 17.1 Å². The highest BCUT2D eigenvalue weighted by atomic mass is 35.5. The second-order valence-corrected chi connectivity index (χ2v) is 5.52. The lowest BCUT2D eigenvalue weighted by Gasteiger charge is -2.10. The van der Waals surface area contributed by atoms with E-state index in [0.717, 1.165) is 29.8 Å². The zero-order chi connectivity index (χ0) is 17.7. The number of halogens is 4. The van der Waals surface area contributed by atoms with Crippen LogP contribution in [-0.2, 0) is 6.18 Å². The molecule has 1 N–H and O–H groups in total. The van der Waals surface area contributed by atoms with E-state index in [1.165, 1.54) is 0 Å². The number of rotatable bonds is 5. The Balaban J connectivity index is 1.84. The van der Waals surface area contributed by atoms with E-state index >= 15 is 0 Å². The first kappa shape index (κ1) is 18.1. The molecule has 0 aromatic heterocycles. The van der Waals surface area contributed by atoms with Crippen molar-refractivity contribution in [1.29, 1.82) is 0 Å². The first-order valence-electron chi connectivity index (χ1n) is 7.12. The van der Waals surface area contributed by atoms with E-state index in [9.17, 15) is 18.0 Å². The Labute approximate surface area is 142 Å². The Hall–Kier alpha value is -2.21. The summed E-state index contributed by atoms with van der Waals surface area (Å²) >= 11 is 5.98. The Bertz CT molecular complexity index is 715. The predicted octanol–water partition coefficient (Wildman–Crippen LogP) is 4.48. The fraction of sp³-hybridized carbons (Fsp3) is 0.235. The highest BCUT2D eigenvalue weighted by Crippen LogP contribution is 2.29. The van der Waals surface area contributed by atoms with E-state index in [2.05, 4.69) is 5.32 Å². The van der Waals surface area contributed by atoms with Crippen LogP contribution in [0.3, 0.4) is 0 Å². The summed E-state index contributed by atoms with van der Waals surface area (Å²) in [6.45, 7) is 2.29. The molecule has 0 aliphatic carbocycles. The number of alkyl halides is 3. The van der Waals surface area contributed by atoms with E-state index in [-0.39, 0.29) is 18.7 Å². The highest BCUT2D eigenvalue weighted by molar-refractivity contribution is 6.32. The van der Waals surface area contributed by atoms with E-state index in [0.29, 0.717) is 10.8 Å². The van der Waals surface area contributed by atoms with Gasteiger partial charge in [-0.3, -0.25) is 4.79 Å². The van der Waals surface area contributed by atoms with Crippen LogP contribution in [-0.4, -0.2) is 19.1 Å². The van der Waals surface area contributed by atoms with Gasteiger partial charge in [0, 0.05) is 5.56 Å². The molecule has 0 radical (unpaired) electrons. The normalized spacial score (nSPS) is 11.2. The number of benzene rings is 2. The Morgan fingerprint density at radius 1 is 1.17 bits per heavy atom. The van der Waals surface area contributed by atoms with Crippen LogP contribution in [0.5, 0.6) is 5.75 Å². The van der Waals surface area contributed by atoms with Gasteiger partial charge in [0.1, 0.15) is 12.4 Å². The van der Waals surface area contributed by atoms with Gasteiger partial charge in [-0.15, -0.1) is 0 Å². The van der Waals surface area contributed by atoms with Crippen LogP contribution in [0, 0.1) is 6.92 Å². The molecule has 24 heavy (non-hydrogen) atoms. The number of hydrogen-bond donors (Lipinski definition) is 1. The van der Waals surface area contributed by atoms with Crippen LogP contribution in [0.2, 0.25) is 5.02 Å². The summed E-state index contributed by atoms with van der Waals surface area (Å²) in [6.07, 6.45) is -4.42. The number of hydrogen-bond acceptors (Lipinski definition) is 2. The zero-order valence-electron chi connectivity index (χ0n) is 12.8. The molecule has 0 saturated carbocycles. The van der Waals surface area contributed by atoms with Gasteiger partial charge in [-0.25, -0.2) is 0 Å². The SMILES string of the molecule is Cc1ccc(Cl)c(OCCNC(=O)c2ccc(C(F)(F)F)cc2)c1. The summed E-state index contributed by atoms with van der Waals surface area (Å²) < 4.78 is 42.9. The van der Waals surface area contributed by atoms with Gasteiger partial charge in [0.25, 0.3) is 5.91 Å². The van der Waals surface area contributed by atoms with Crippen LogP contribution in [0.4, 0.5) is 13.2 Å². The third-order valence-corrected chi connectivity index (χ3v) is 3.52. The predicted molar refractivity (Wildman–Crippen MR) is 85.5 cm³/mol. The van der Waals surface area contributed by atoms with Gasteiger partial charge < -0.3 is 10.1 Å². The fourth-order valence-electron chi connectivity index (χ4n) is 1.96. The smallest absolute Gasteiger partial charge is 0.416 e. The summed E-state index contributed by atoms with van der Waals surface area (Å²) in [5, 5.41) is 3.04. The molecule has 128 valence electrons. The molecule has 3 nitrogen and oxygen atoms in total. The third-order valence-electron chi connectivity index (χ3n) is 3.21. The largest absolute Gasteiger partial charge is 0.490 e. The van der Waals surface area contributed by atoms with E-state index < -0.39 is 17.6 Å². The van der Waals surface area contributed by atoms with Gasteiger partial charge in [-0.05, 0) is 48.9 Å². The van der Waals surface area contributed by atoms with Crippen molar-refractivity contribution in [1.82, 2.24) is 5.32 Å². The van der Waals surface area contributed by atoms with Crippen molar-refractivity contribution in [3.05, 3.63) is 64.2 Å². The van der Waals surface area contributed by atoms with Crippen LogP contribution in [0.25, 0.3) is 0 Å². The number of amides is 1. The third kappa shape index (κ3) is 4.89. The van der Waals surface area contributed by atoms with E-state index in [4.69, 9.17) is 16.3 Å². The quantitative estimate of drug-likeness (QED) is 0.801. The summed E-state index contributed by atoms with van der Waals surface area (Å²) in [7, 11) is 0. The maximum atomic E-state index is 12.5. The van der Waals surface area contributed by atoms with Crippen molar-refractivity contribution in [2.24, 2.45) is 0 Å². The van der Waals surface area contributed by atoms with Gasteiger partial charge >= 0.3 is 6.18 Å². The van der Waals surface area contributed by atoms with Crippen LogP contribution in [0.1, 0.15) is 21.5 Å². The second kappa shape index (κ2) is 7.57. The number of ether oxygens (including phenoxy) is 1. The monoisotopic (exact) mass is 357 g/mol. The van der Waals surface area contributed by atoms with Crippen molar-refractivity contribution in [3.63, 3.8) is 0 Å². The first-order valence-corrected chi connectivity index (χ1v) is 7.49. The molecule has 0 aliphatic rings. The number of carbonyl (C=O) groups excluding carboxylic acids is 1. The van der Waals surface area contributed by atoms with Crippen molar-refractivity contribution in [2.75, 3.05) is 13.2 Å². The van der Waals surface area contributed by atoms with Gasteiger partial charge in [0.2, 0.25) is 0 Å². The first-order chi connectivity index (χ1) is 11.3. The highest BCUT2D eigenvalue weighted by Gasteiger charge is 2.30. The van der Waals surface area contributed by atoms with E-state index in [1.807, 2.05) is 13.0 Å². The molecular formula is C17H15ClF3NO2. The summed E-state index contributed by atoms with van der Waals surface area (Å²) in [5.41, 5.74) is 0.344. The molecule has 0 heterocycles. The van der Waals surface area contributed by atoms with Crippen molar-refractivity contribution in [3.8, 4) is 5.75 Å². The average molecular weight is 358 g/mol. The standard InChI is InChI=1S/C17H15ClF3NO2/c1-11-2-7-14(18)15(10-11)24-9-8-22-16(23)12-3-5-13(6-4-12)17(19,20)21/h2-7,10H,8-9H2,1H3,(H,22,23). The minimum atomic E-state index is -4.42.